The summed E-state index contributed by atoms with van der Waals surface area (Å²) in [6.07, 6.45) is 5.48. The lowest BCUT2D eigenvalue weighted by Gasteiger charge is -2.52. The number of nitrogens with zero attached hydrogens (tertiary/aromatic N) is 2. The summed E-state index contributed by atoms with van der Waals surface area (Å²) in [6, 6.07) is 8.19. The molecule has 0 radical (unpaired) electrons. The Morgan fingerprint density at radius 1 is 1.00 bits per heavy atom. The fraction of sp³-hybridized carbons (Fsp3) is 0.625. The molecular formula is C16H23BrN2. The maximum Gasteiger partial charge on any atom is 0.0618 e. The number of rotatable bonds is 2. The van der Waals surface area contributed by atoms with Crippen molar-refractivity contribution in [1.82, 2.24) is 0 Å². The summed E-state index contributed by atoms with van der Waals surface area (Å²) in [6.45, 7) is 6.81. The molecule has 1 aromatic carbocycles. The van der Waals surface area contributed by atoms with E-state index in [2.05, 4.69) is 57.8 Å². The Balaban J connectivity index is 2.09. The Morgan fingerprint density at radius 2 is 1.58 bits per heavy atom. The van der Waals surface area contributed by atoms with E-state index in [0.29, 0.717) is 12.1 Å². The van der Waals surface area contributed by atoms with Gasteiger partial charge in [0.2, 0.25) is 0 Å². The van der Waals surface area contributed by atoms with Gasteiger partial charge in [-0.25, -0.2) is 0 Å². The van der Waals surface area contributed by atoms with Crippen LogP contribution in [0.4, 0.5) is 11.4 Å². The van der Waals surface area contributed by atoms with Crippen LogP contribution < -0.4 is 9.80 Å². The van der Waals surface area contributed by atoms with E-state index in [1.807, 2.05) is 0 Å². The van der Waals surface area contributed by atoms with Crippen molar-refractivity contribution < 1.29 is 0 Å². The van der Waals surface area contributed by atoms with Crippen molar-refractivity contribution in [2.45, 2.75) is 51.6 Å². The first-order valence-electron chi connectivity index (χ1n) is 7.59. The normalized spacial score (nSPS) is 26.1. The lowest BCUT2D eigenvalue weighted by atomic mass is 9.85. The van der Waals surface area contributed by atoms with Crippen LogP contribution in [0.1, 0.15) is 39.5 Å². The number of hydrogen-bond acceptors (Lipinski definition) is 2. The van der Waals surface area contributed by atoms with E-state index >= 15 is 0 Å². The minimum Gasteiger partial charge on any atom is -0.365 e. The van der Waals surface area contributed by atoms with Crippen LogP contribution in [0.15, 0.2) is 22.7 Å². The maximum absolute atomic E-state index is 3.63. The van der Waals surface area contributed by atoms with Crippen molar-refractivity contribution in [3.8, 4) is 0 Å². The van der Waals surface area contributed by atoms with Gasteiger partial charge in [0, 0.05) is 29.6 Å². The fourth-order valence-corrected chi connectivity index (χ4v) is 4.30. The molecule has 2 aliphatic rings. The molecule has 1 aromatic rings. The Hall–Kier alpha value is -0.700. The molecule has 1 saturated carbocycles. The van der Waals surface area contributed by atoms with E-state index in [1.54, 1.807) is 0 Å². The van der Waals surface area contributed by atoms with Crippen molar-refractivity contribution in [2.24, 2.45) is 0 Å². The summed E-state index contributed by atoms with van der Waals surface area (Å²) < 4.78 is 1.19. The van der Waals surface area contributed by atoms with Gasteiger partial charge in [-0.15, -0.1) is 0 Å². The van der Waals surface area contributed by atoms with Gasteiger partial charge in [-0.2, -0.15) is 0 Å². The first-order valence-corrected chi connectivity index (χ1v) is 8.38. The van der Waals surface area contributed by atoms with Crippen LogP contribution in [0, 0.1) is 0 Å². The molecule has 2 unspecified atom stereocenters. The topological polar surface area (TPSA) is 6.48 Å². The Morgan fingerprint density at radius 3 is 2.16 bits per heavy atom. The second-order valence-corrected chi connectivity index (χ2v) is 6.54. The third-order valence-corrected chi connectivity index (χ3v) is 5.23. The molecule has 3 rings (SSSR count). The molecule has 3 heteroatoms. The van der Waals surface area contributed by atoms with Gasteiger partial charge < -0.3 is 9.80 Å². The van der Waals surface area contributed by atoms with Gasteiger partial charge in [0.05, 0.1) is 11.4 Å². The SMILES string of the molecule is CCN1c2ccc(Br)cc2N(CC)C2CCCCC21. The van der Waals surface area contributed by atoms with Gasteiger partial charge in [-0.3, -0.25) is 0 Å². The molecule has 1 heterocycles. The summed E-state index contributed by atoms with van der Waals surface area (Å²) >= 11 is 3.63. The Labute approximate surface area is 124 Å². The number of halogens is 1. The van der Waals surface area contributed by atoms with E-state index in [0.717, 1.165) is 13.1 Å². The highest BCUT2D eigenvalue weighted by Crippen LogP contribution is 2.43. The van der Waals surface area contributed by atoms with Crippen LogP contribution in [-0.2, 0) is 0 Å². The molecule has 1 fully saturated rings. The molecule has 2 nitrogen and oxygen atoms in total. The first-order chi connectivity index (χ1) is 9.26. The number of likely N-dealkylation sites (N-methyl/N-ethyl adjacent to an activating group) is 2. The summed E-state index contributed by atoms with van der Waals surface area (Å²) in [4.78, 5) is 5.27. The van der Waals surface area contributed by atoms with Crippen molar-refractivity contribution in [2.75, 3.05) is 22.9 Å². The summed E-state index contributed by atoms with van der Waals surface area (Å²) in [5, 5.41) is 0. The van der Waals surface area contributed by atoms with E-state index in [1.165, 1.54) is 41.5 Å². The lowest BCUT2D eigenvalue weighted by molar-refractivity contribution is 0.339. The van der Waals surface area contributed by atoms with Gasteiger partial charge in [0.25, 0.3) is 0 Å². The van der Waals surface area contributed by atoms with Crippen LogP contribution in [0.25, 0.3) is 0 Å². The van der Waals surface area contributed by atoms with E-state index in [9.17, 15) is 0 Å². The average Bonchev–Trinajstić information content (AvgIpc) is 2.44. The standard InChI is InChI=1S/C16H23BrN2/c1-3-18-13-7-5-6-8-14(13)19(4-2)16-11-12(17)9-10-15(16)18/h9-11,13-14H,3-8H2,1-2H3. The first kappa shape index (κ1) is 13.3. The van der Waals surface area contributed by atoms with E-state index < -0.39 is 0 Å². The summed E-state index contributed by atoms with van der Waals surface area (Å²) in [7, 11) is 0. The minimum atomic E-state index is 0.709. The number of hydrogen-bond donors (Lipinski definition) is 0. The second kappa shape index (κ2) is 5.35. The maximum atomic E-state index is 3.63. The highest BCUT2D eigenvalue weighted by atomic mass is 79.9. The van der Waals surface area contributed by atoms with Gasteiger partial charge in [-0.05, 0) is 44.9 Å². The molecule has 19 heavy (non-hydrogen) atoms. The minimum absolute atomic E-state index is 0.709. The zero-order chi connectivity index (χ0) is 13.4. The zero-order valence-corrected chi connectivity index (χ0v) is 13.5. The molecule has 1 aliphatic carbocycles. The number of anilines is 2. The molecule has 0 saturated heterocycles. The molecule has 104 valence electrons. The quantitative estimate of drug-likeness (QED) is 0.794. The van der Waals surface area contributed by atoms with Crippen molar-refractivity contribution in [1.29, 1.82) is 0 Å². The van der Waals surface area contributed by atoms with Crippen molar-refractivity contribution >= 4 is 27.3 Å². The second-order valence-electron chi connectivity index (χ2n) is 5.62. The van der Waals surface area contributed by atoms with Gasteiger partial charge in [-0.1, -0.05) is 28.8 Å². The zero-order valence-electron chi connectivity index (χ0n) is 11.9. The lowest BCUT2D eigenvalue weighted by Crippen LogP contribution is -2.57. The molecule has 2 atom stereocenters. The highest BCUT2D eigenvalue weighted by Gasteiger charge is 2.39. The smallest absolute Gasteiger partial charge is 0.0618 e. The largest absolute Gasteiger partial charge is 0.365 e. The van der Waals surface area contributed by atoms with E-state index in [-0.39, 0.29) is 0 Å². The van der Waals surface area contributed by atoms with Crippen LogP contribution >= 0.6 is 15.9 Å². The van der Waals surface area contributed by atoms with Crippen LogP contribution in [-0.4, -0.2) is 25.2 Å². The van der Waals surface area contributed by atoms with Crippen LogP contribution in [0.5, 0.6) is 0 Å². The Bertz CT molecular complexity index is 460. The summed E-state index contributed by atoms with van der Waals surface area (Å²) in [5.41, 5.74) is 2.84. The van der Waals surface area contributed by atoms with Crippen molar-refractivity contribution in [3.63, 3.8) is 0 Å². The third-order valence-electron chi connectivity index (χ3n) is 4.73. The highest BCUT2D eigenvalue weighted by molar-refractivity contribution is 9.10. The monoisotopic (exact) mass is 322 g/mol. The Kier molecular flexibility index (Phi) is 3.75. The van der Waals surface area contributed by atoms with Crippen molar-refractivity contribution in [3.05, 3.63) is 22.7 Å². The van der Waals surface area contributed by atoms with Gasteiger partial charge >= 0.3 is 0 Å². The van der Waals surface area contributed by atoms with Gasteiger partial charge in [0.1, 0.15) is 0 Å². The van der Waals surface area contributed by atoms with Crippen LogP contribution in [0.3, 0.4) is 0 Å². The molecule has 0 amide bonds. The van der Waals surface area contributed by atoms with Gasteiger partial charge in [0.15, 0.2) is 0 Å². The van der Waals surface area contributed by atoms with E-state index in [4.69, 9.17) is 0 Å². The predicted octanol–water partition coefficient (Wildman–Crippen LogP) is 4.43. The van der Waals surface area contributed by atoms with Crippen LogP contribution in [0.2, 0.25) is 0 Å². The third kappa shape index (κ3) is 2.16. The number of fused-ring (bicyclic) bond motifs is 2. The predicted molar refractivity (Wildman–Crippen MR) is 86.2 cm³/mol. The molecule has 0 spiro atoms. The molecule has 0 bridgehead atoms. The molecule has 1 aliphatic heterocycles. The fourth-order valence-electron chi connectivity index (χ4n) is 3.96. The molecule has 0 N–H and O–H groups in total. The number of benzene rings is 1. The molecular weight excluding hydrogens is 300 g/mol. The average molecular weight is 323 g/mol. The summed E-state index contributed by atoms with van der Waals surface area (Å²) in [5.74, 6) is 0. The molecule has 0 aromatic heterocycles.